The number of carboxylic acids is 1. The number of nitrogens with zero attached hydrogens (tertiary/aromatic N) is 1. The molecule has 0 fully saturated rings. The SMILES string of the molecule is CCCN(CCC(=O)O)c1ccccc1OCC. The van der Waals surface area contributed by atoms with Crippen molar-refractivity contribution in [1.82, 2.24) is 0 Å². The summed E-state index contributed by atoms with van der Waals surface area (Å²) in [5.74, 6) is 0.0452. The van der Waals surface area contributed by atoms with Crippen molar-refractivity contribution in [3.05, 3.63) is 24.3 Å². The molecule has 0 saturated heterocycles. The highest BCUT2D eigenvalue weighted by Gasteiger charge is 2.12. The van der Waals surface area contributed by atoms with Crippen molar-refractivity contribution in [2.24, 2.45) is 0 Å². The maximum atomic E-state index is 10.7. The molecule has 1 aromatic rings. The third kappa shape index (κ3) is 4.28. The third-order valence-electron chi connectivity index (χ3n) is 2.59. The molecule has 4 heteroatoms. The molecule has 0 heterocycles. The first kappa shape index (κ1) is 14.4. The van der Waals surface area contributed by atoms with Crippen molar-refractivity contribution >= 4 is 11.7 Å². The molecule has 0 spiro atoms. The Morgan fingerprint density at radius 3 is 2.61 bits per heavy atom. The van der Waals surface area contributed by atoms with Crippen LogP contribution >= 0.6 is 0 Å². The molecule has 0 aliphatic rings. The van der Waals surface area contributed by atoms with Gasteiger partial charge in [-0.1, -0.05) is 19.1 Å². The van der Waals surface area contributed by atoms with Crippen LogP contribution in [0.25, 0.3) is 0 Å². The zero-order valence-corrected chi connectivity index (χ0v) is 11.1. The average molecular weight is 251 g/mol. The van der Waals surface area contributed by atoms with Crippen molar-refractivity contribution in [3.63, 3.8) is 0 Å². The van der Waals surface area contributed by atoms with E-state index in [1.54, 1.807) is 0 Å². The fourth-order valence-electron chi connectivity index (χ4n) is 1.85. The van der Waals surface area contributed by atoms with E-state index >= 15 is 0 Å². The molecule has 18 heavy (non-hydrogen) atoms. The van der Waals surface area contributed by atoms with Gasteiger partial charge in [-0.05, 0) is 25.5 Å². The number of carboxylic acid groups (broad SMARTS) is 1. The smallest absolute Gasteiger partial charge is 0.305 e. The van der Waals surface area contributed by atoms with Crippen LogP contribution in [0.1, 0.15) is 26.7 Å². The summed E-state index contributed by atoms with van der Waals surface area (Å²) < 4.78 is 5.58. The van der Waals surface area contributed by atoms with Crippen LogP contribution in [0.3, 0.4) is 0 Å². The maximum Gasteiger partial charge on any atom is 0.305 e. The number of carbonyl (C=O) groups is 1. The van der Waals surface area contributed by atoms with Crippen molar-refractivity contribution in [2.45, 2.75) is 26.7 Å². The quantitative estimate of drug-likeness (QED) is 0.772. The van der Waals surface area contributed by atoms with E-state index in [9.17, 15) is 4.79 Å². The van der Waals surface area contributed by atoms with Crippen LogP contribution in [0.2, 0.25) is 0 Å². The van der Waals surface area contributed by atoms with Crippen LogP contribution < -0.4 is 9.64 Å². The van der Waals surface area contributed by atoms with E-state index in [2.05, 4.69) is 11.8 Å². The first-order valence-electron chi connectivity index (χ1n) is 6.37. The first-order chi connectivity index (χ1) is 8.69. The van der Waals surface area contributed by atoms with Gasteiger partial charge in [-0.25, -0.2) is 0 Å². The summed E-state index contributed by atoms with van der Waals surface area (Å²) in [5.41, 5.74) is 0.974. The molecule has 0 unspecified atom stereocenters. The number of ether oxygens (including phenoxy) is 1. The molecule has 0 atom stereocenters. The number of aliphatic carboxylic acids is 1. The van der Waals surface area contributed by atoms with Crippen LogP contribution in [0.15, 0.2) is 24.3 Å². The number of anilines is 1. The van der Waals surface area contributed by atoms with E-state index in [0.717, 1.165) is 24.4 Å². The van der Waals surface area contributed by atoms with E-state index in [0.29, 0.717) is 13.2 Å². The molecular weight excluding hydrogens is 230 g/mol. The normalized spacial score (nSPS) is 10.1. The average Bonchev–Trinajstić information content (AvgIpc) is 2.35. The van der Waals surface area contributed by atoms with Gasteiger partial charge in [0.2, 0.25) is 0 Å². The van der Waals surface area contributed by atoms with E-state index in [4.69, 9.17) is 9.84 Å². The van der Waals surface area contributed by atoms with Gasteiger partial charge in [0.05, 0.1) is 18.7 Å². The second-order valence-electron chi connectivity index (χ2n) is 4.03. The van der Waals surface area contributed by atoms with Gasteiger partial charge in [0, 0.05) is 13.1 Å². The van der Waals surface area contributed by atoms with Gasteiger partial charge in [0.15, 0.2) is 0 Å². The number of benzene rings is 1. The molecule has 1 rings (SSSR count). The number of hydrogen-bond donors (Lipinski definition) is 1. The Bertz CT molecular complexity index is 379. The molecular formula is C14H21NO3. The van der Waals surface area contributed by atoms with Gasteiger partial charge in [0.1, 0.15) is 5.75 Å². The lowest BCUT2D eigenvalue weighted by atomic mass is 10.2. The lowest BCUT2D eigenvalue weighted by Crippen LogP contribution is -2.27. The molecule has 0 aliphatic carbocycles. The Kier molecular flexibility index (Phi) is 6.05. The lowest BCUT2D eigenvalue weighted by molar-refractivity contribution is -0.136. The second-order valence-corrected chi connectivity index (χ2v) is 4.03. The Labute approximate surface area is 108 Å². The first-order valence-corrected chi connectivity index (χ1v) is 6.37. The van der Waals surface area contributed by atoms with Crippen LogP contribution in [0, 0.1) is 0 Å². The molecule has 0 aromatic heterocycles. The van der Waals surface area contributed by atoms with Crippen molar-refractivity contribution in [3.8, 4) is 5.75 Å². The zero-order chi connectivity index (χ0) is 13.4. The maximum absolute atomic E-state index is 10.7. The Morgan fingerprint density at radius 1 is 1.28 bits per heavy atom. The van der Waals surface area contributed by atoms with Gasteiger partial charge in [-0.3, -0.25) is 4.79 Å². The van der Waals surface area contributed by atoms with Crippen LogP contribution in [-0.2, 0) is 4.79 Å². The highest BCUT2D eigenvalue weighted by Crippen LogP contribution is 2.28. The predicted molar refractivity (Wildman–Crippen MR) is 72.4 cm³/mol. The topological polar surface area (TPSA) is 49.8 Å². The Hall–Kier alpha value is -1.71. The lowest BCUT2D eigenvalue weighted by Gasteiger charge is -2.25. The van der Waals surface area contributed by atoms with E-state index in [-0.39, 0.29) is 6.42 Å². The highest BCUT2D eigenvalue weighted by atomic mass is 16.5. The van der Waals surface area contributed by atoms with Gasteiger partial charge in [0.25, 0.3) is 0 Å². The standard InChI is InChI=1S/C14H21NO3/c1-3-10-15(11-9-14(16)17)12-7-5-6-8-13(12)18-4-2/h5-8H,3-4,9-11H2,1-2H3,(H,16,17). The fraction of sp³-hybridized carbons (Fsp3) is 0.500. The van der Waals surface area contributed by atoms with E-state index in [1.807, 2.05) is 31.2 Å². The van der Waals surface area contributed by atoms with Gasteiger partial charge < -0.3 is 14.7 Å². The van der Waals surface area contributed by atoms with Crippen LogP contribution in [-0.4, -0.2) is 30.8 Å². The molecule has 1 N–H and O–H groups in total. The van der Waals surface area contributed by atoms with Crippen molar-refractivity contribution in [1.29, 1.82) is 0 Å². The Balaban J connectivity index is 2.85. The minimum Gasteiger partial charge on any atom is -0.492 e. The molecule has 100 valence electrons. The summed E-state index contributed by atoms with van der Waals surface area (Å²) >= 11 is 0. The molecule has 0 aliphatic heterocycles. The van der Waals surface area contributed by atoms with Crippen molar-refractivity contribution in [2.75, 3.05) is 24.6 Å². The summed E-state index contributed by atoms with van der Waals surface area (Å²) in [6.07, 6.45) is 1.11. The minimum atomic E-state index is -0.773. The van der Waals surface area contributed by atoms with Gasteiger partial charge >= 0.3 is 5.97 Å². The Morgan fingerprint density at radius 2 is 2.00 bits per heavy atom. The van der Waals surface area contributed by atoms with E-state index < -0.39 is 5.97 Å². The summed E-state index contributed by atoms with van der Waals surface area (Å²) in [4.78, 5) is 12.8. The summed E-state index contributed by atoms with van der Waals surface area (Å²) in [6, 6.07) is 7.77. The third-order valence-corrected chi connectivity index (χ3v) is 2.59. The monoisotopic (exact) mass is 251 g/mol. The second kappa shape index (κ2) is 7.58. The molecule has 0 amide bonds. The van der Waals surface area contributed by atoms with Crippen molar-refractivity contribution < 1.29 is 14.6 Å². The van der Waals surface area contributed by atoms with E-state index in [1.165, 1.54) is 0 Å². The summed E-state index contributed by atoms with van der Waals surface area (Å²) in [7, 11) is 0. The molecule has 0 radical (unpaired) electrons. The van der Waals surface area contributed by atoms with Crippen LogP contribution in [0.4, 0.5) is 5.69 Å². The minimum absolute atomic E-state index is 0.139. The highest BCUT2D eigenvalue weighted by molar-refractivity contribution is 5.68. The number of rotatable bonds is 8. The summed E-state index contributed by atoms with van der Waals surface area (Å²) in [6.45, 7) is 5.97. The number of hydrogen-bond acceptors (Lipinski definition) is 3. The van der Waals surface area contributed by atoms with Crippen LogP contribution in [0.5, 0.6) is 5.75 Å². The predicted octanol–water partition coefficient (Wildman–Crippen LogP) is 2.78. The molecule has 1 aromatic carbocycles. The fourth-order valence-corrected chi connectivity index (χ4v) is 1.85. The zero-order valence-electron chi connectivity index (χ0n) is 11.1. The summed E-state index contributed by atoms with van der Waals surface area (Å²) in [5, 5.41) is 8.79. The number of para-hydroxylation sites is 2. The molecule has 0 saturated carbocycles. The molecule has 0 bridgehead atoms. The largest absolute Gasteiger partial charge is 0.492 e. The van der Waals surface area contributed by atoms with Gasteiger partial charge in [-0.15, -0.1) is 0 Å². The van der Waals surface area contributed by atoms with Gasteiger partial charge in [-0.2, -0.15) is 0 Å². The molecule has 4 nitrogen and oxygen atoms in total.